The molecule has 0 bridgehead atoms. The highest BCUT2D eigenvalue weighted by Gasteiger charge is 2.33. The smallest absolute Gasteiger partial charge is 0.416 e. The third kappa shape index (κ3) is 5.51. The lowest BCUT2D eigenvalue weighted by Crippen LogP contribution is -2.46. The lowest BCUT2D eigenvalue weighted by molar-refractivity contribution is -0.137. The molecule has 0 aliphatic carbocycles. The van der Waals surface area contributed by atoms with Gasteiger partial charge in [0, 0.05) is 6.54 Å². The fraction of sp³-hybridized carbons (Fsp3) is 0.588. The molecule has 1 saturated heterocycles. The molecule has 1 aromatic rings. The van der Waals surface area contributed by atoms with Crippen molar-refractivity contribution >= 4 is 6.09 Å². The van der Waals surface area contributed by atoms with Crippen molar-refractivity contribution < 1.29 is 31.8 Å². The first-order valence-corrected chi connectivity index (χ1v) is 7.97. The molecule has 0 N–H and O–H groups in total. The Morgan fingerprint density at radius 2 is 1.92 bits per heavy atom. The normalized spacial score (nSPS) is 18.8. The van der Waals surface area contributed by atoms with E-state index in [4.69, 9.17) is 9.47 Å². The summed E-state index contributed by atoms with van der Waals surface area (Å²) < 4.78 is 62.7. The number of alkyl halides is 3. The van der Waals surface area contributed by atoms with Crippen molar-refractivity contribution in [2.24, 2.45) is 0 Å². The number of hydrogen-bond donors (Lipinski definition) is 0. The van der Waals surface area contributed by atoms with Gasteiger partial charge in [0.25, 0.3) is 0 Å². The molecule has 8 heteroatoms. The summed E-state index contributed by atoms with van der Waals surface area (Å²) in [4.78, 5) is 13.5. The van der Waals surface area contributed by atoms with Crippen molar-refractivity contribution in [3.8, 4) is 5.75 Å². The van der Waals surface area contributed by atoms with Gasteiger partial charge in [0.2, 0.25) is 0 Å². The van der Waals surface area contributed by atoms with E-state index in [1.807, 2.05) is 0 Å². The minimum Gasteiger partial charge on any atom is -0.485 e. The number of nitrogens with zero attached hydrogens (tertiary/aromatic N) is 1. The molecule has 1 amide bonds. The van der Waals surface area contributed by atoms with Crippen molar-refractivity contribution in [3.05, 3.63) is 29.6 Å². The number of ether oxygens (including phenoxy) is 2. The number of rotatable bonds is 2. The van der Waals surface area contributed by atoms with E-state index in [-0.39, 0.29) is 6.54 Å². The molecule has 2 rings (SSSR count). The van der Waals surface area contributed by atoms with E-state index in [1.54, 1.807) is 20.8 Å². The first kappa shape index (κ1) is 19.3. The molecule has 25 heavy (non-hydrogen) atoms. The molecule has 1 fully saturated rings. The Hall–Kier alpha value is -1.99. The number of amides is 1. The molecule has 1 aromatic carbocycles. The van der Waals surface area contributed by atoms with Crippen LogP contribution in [0.25, 0.3) is 0 Å². The second kappa shape index (κ2) is 7.09. The van der Waals surface area contributed by atoms with Crippen LogP contribution in [0.1, 0.15) is 39.2 Å². The molecular weight excluding hydrogens is 342 g/mol. The molecule has 1 atom stereocenters. The van der Waals surface area contributed by atoms with Crippen LogP contribution in [0, 0.1) is 5.82 Å². The third-order valence-electron chi connectivity index (χ3n) is 3.58. The Morgan fingerprint density at radius 3 is 2.52 bits per heavy atom. The van der Waals surface area contributed by atoms with Crippen molar-refractivity contribution in [2.45, 2.75) is 51.5 Å². The Kier molecular flexibility index (Phi) is 5.49. The van der Waals surface area contributed by atoms with Gasteiger partial charge in [-0.05, 0) is 51.8 Å². The van der Waals surface area contributed by atoms with Gasteiger partial charge in [-0.2, -0.15) is 13.2 Å². The van der Waals surface area contributed by atoms with Gasteiger partial charge < -0.3 is 14.4 Å². The summed E-state index contributed by atoms with van der Waals surface area (Å²) in [6.07, 6.45) is -4.61. The van der Waals surface area contributed by atoms with E-state index in [1.165, 1.54) is 4.90 Å². The van der Waals surface area contributed by atoms with Crippen LogP contribution < -0.4 is 4.74 Å². The molecule has 0 aromatic heterocycles. The number of likely N-dealkylation sites (tertiary alicyclic amines) is 1. The molecule has 1 aliphatic heterocycles. The summed E-state index contributed by atoms with van der Waals surface area (Å²) in [5.74, 6) is -1.34. The van der Waals surface area contributed by atoms with Gasteiger partial charge in [0.1, 0.15) is 11.7 Å². The lowest BCUT2D eigenvalue weighted by Gasteiger charge is -2.34. The quantitative estimate of drug-likeness (QED) is 0.720. The monoisotopic (exact) mass is 363 g/mol. The van der Waals surface area contributed by atoms with Gasteiger partial charge in [-0.3, -0.25) is 0 Å². The molecule has 0 spiro atoms. The van der Waals surface area contributed by atoms with E-state index in [0.717, 1.165) is 6.07 Å². The SMILES string of the molecule is CC(C)(C)OC(=O)N1CCCC(Oc2cc(C(F)(F)F)ccc2F)C1. The summed E-state index contributed by atoms with van der Waals surface area (Å²) in [6.45, 7) is 5.80. The van der Waals surface area contributed by atoms with Gasteiger partial charge in [0.15, 0.2) is 11.6 Å². The van der Waals surface area contributed by atoms with Gasteiger partial charge in [0.05, 0.1) is 12.1 Å². The van der Waals surface area contributed by atoms with E-state index >= 15 is 0 Å². The van der Waals surface area contributed by atoms with E-state index in [9.17, 15) is 22.4 Å². The van der Waals surface area contributed by atoms with Gasteiger partial charge in [-0.25, -0.2) is 9.18 Å². The van der Waals surface area contributed by atoms with Crippen molar-refractivity contribution in [1.29, 1.82) is 0 Å². The highest BCUT2D eigenvalue weighted by Crippen LogP contribution is 2.33. The highest BCUT2D eigenvalue weighted by atomic mass is 19.4. The van der Waals surface area contributed by atoms with Crippen LogP contribution >= 0.6 is 0 Å². The standard InChI is InChI=1S/C17H21F4NO3/c1-16(2,3)25-15(23)22-8-4-5-12(10-22)24-14-9-11(17(19,20)21)6-7-13(14)18/h6-7,9,12H,4-5,8,10H2,1-3H3. The number of benzene rings is 1. The topological polar surface area (TPSA) is 38.8 Å². The largest absolute Gasteiger partial charge is 0.485 e. The molecule has 0 saturated carbocycles. The zero-order valence-corrected chi connectivity index (χ0v) is 14.3. The Balaban J connectivity index is 2.07. The van der Waals surface area contributed by atoms with Gasteiger partial charge in [-0.15, -0.1) is 0 Å². The Morgan fingerprint density at radius 1 is 1.24 bits per heavy atom. The minimum atomic E-state index is -4.58. The molecule has 1 unspecified atom stereocenters. The van der Waals surface area contributed by atoms with Crippen LogP contribution in [-0.4, -0.2) is 35.8 Å². The molecule has 0 radical (unpaired) electrons. The van der Waals surface area contributed by atoms with Crippen LogP contribution in [0.15, 0.2) is 18.2 Å². The Labute approximate surface area is 143 Å². The van der Waals surface area contributed by atoms with Crippen molar-refractivity contribution in [3.63, 3.8) is 0 Å². The molecular formula is C17H21F4NO3. The second-order valence-electron chi connectivity index (χ2n) is 6.95. The van der Waals surface area contributed by atoms with Crippen molar-refractivity contribution in [2.75, 3.05) is 13.1 Å². The van der Waals surface area contributed by atoms with Crippen LogP contribution in [-0.2, 0) is 10.9 Å². The maximum absolute atomic E-state index is 13.8. The zero-order chi connectivity index (χ0) is 18.8. The maximum atomic E-state index is 13.8. The van der Waals surface area contributed by atoms with E-state index in [0.29, 0.717) is 31.5 Å². The van der Waals surface area contributed by atoms with Crippen LogP contribution in [0.5, 0.6) is 5.75 Å². The van der Waals surface area contributed by atoms with Crippen LogP contribution in [0.3, 0.4) is 0 Å². The zero-order valence-electron chi connectivity index (χ0n) is 14.3. The van der Waals surface area contributed by atoms with E-state index in [2.05, 4.69) is 0 Å². The van der Waals surface area contributed by atoms with Gasteiger partial charge in [-0.1, -0.05) is 0 Å². The average molecular weight is 363 g/mol. The fourth-order valence-electron chi connectivity index (χ4n) is 2.48. The summed E-state index contributed by atoms with van der Waals surface area (Å²) in [5.41, 5.74) is -1.64. The van der Waals surface area contributed by atoms with Crippen LogP contribution in [0.2, 0.25) is 0 Å². The predicted molar refractivity (Wildman–Crippen MR) is 82.9 cm³/mol. The number of carbonyl (C=O) groups excluding carboxylic acids is 1. The number of piperidine rings is 1. The minimum absolute atomic E-state index is 0.130. The number of hydrogen-bond acceptors (Lipinski definition) is 3. The van der Waals surface area contributed by atoms with E-state index < -0.39 is 41.1 Å². The average Bonchev–Trinajstić information content (AvgIpc) is 2.47. The maximum Gasteiger partial charge on any atom is 0.416 e. The Bertz CT molecular complexity index is 625. The first-order chi connectivity index (χ1) is 11.5. The fourth-order valence-corrected chi connectivity index (χ4v) is 2.48. The second-order valence-corrected chi connectivity index (χ2v) is 6.95. The first-order valence-electron chi connectivity index (χ1n) is 7.97. The highest BCUT2D eigenvalue weighted by molar-refractivity contribution is 5.68. The summed E-state index contributed by atoms with van der Waals surface area (Å²) in [6, 6.07) is 2.03. The molecule has 1 aliphatic rings. The predicted octanol–water partition coefficient (Wildman–Crippen LogP) is 4.62. The number of carbonyl (C=O) groups is 1. The molecule has 1 heterocycles. The number of halogens is 4. The summed E-state index contributed by atoms with van der Waals surface area (Å²) in [7, 11) is 0. The van der Waals surface area contributed by atoms with Crippen LogP contribution in [0.4, 0.5) is 22.4 Å². The summed E-state index contributed by atoms with van der Waals surface area (Å²) in [5, 5.41) is 0. The third-order valence-corrected chi connectivity index (χ3v) is 3.58. The molecule has 4 nitrogen and oxygen atoms in total. The van der Waals surface area contributed by atoms with Crippen molar-refractivity contribution in [1.82, 2.24) is 4.90 Å². The van der Waals surface area contributed by atoms with Gasteiger partial charge >= 0.3 is 12.3 Å². The lowest BCUT2D eigenvalue weighted by atomic mass is 10.1. The molecule has 140 valence electrons. The summed E-state index contributed by atoms with van der Waals surface area (Å²) >= 11 is 0.